The second kappa shape index (κ2) is 7.31. The minimum atomic E-state index is -0.0380. The van der Waals surface area contributed by atoms with Gasteiger partial charge in [0.2, 0.25) is 0 Å². The minimum Gasteiger partial charge on any atom is -0.497 e. The summed E-state index contributed by atoms with van der Waals surface area (Å²) in [7, 11) is 1.55. The van der Waals surface area contributed by atoms with Gasteiger partial charge in [0, 0.05) is 11.6 Å². The van der Waals surface area contributed by atoms with Crippen molar-refractivity contribution in [2.24, 2.45) is 5.73 Å². The first-order valence-corrected chi connectivity index (χ1v) is 6.47. The summed E-state index contributed by atoms with van der Waals surface area (Å²) in [5, 5.41) is 7.46. The average molecular weight is 286 g/mol. The van der Waals surface area contributed by atoms with Gasteiger partial charge in [-0.3, -0.25) is 5.41 Å². The lowest BCUT2D eigenvalue weighted by atomic mass is 10.2. The molecule has 0 aliphatic heterocycles. The van der Waals surface area contributed by atoms with Crippen molar-refractivity contribution in [2.45, 2.75) is 6.61 Å². The fourth-order valence-corrected chi connectivity index (χ4v) is 1.77. The van der Waals surface area contributed by atoms with Gasteiger partial charge in [-0.1, -0.05) is 30.3 Å². The van der Waals surface area contributed by atoms with E-state index in [1.807, 2.05) is 30.3 Å². The standard InChI is InChI=1S/C16H18N2O3/c1-19-14-7-13(16(17)18)8-15(9-14)21-11-20-10-12-5-3-2-4-6-12/h2-9H,10-11H2,1H3,(H3,17,18). The Labute approximate surface area is 123 Å². The summed E-state index contributed by atoms with van der Waals surface area (Å²) < 4.78 is 16.1. The van der Waals surface area contributed by atoms with Crippen molar-refractivity contribution in [3.05, 3.63) is 59.7 Å². The number of nitrogen functional groups attached to an aromatic ring is 1. The van der Waals surface area contributed by atoms with E-state index in [-0.39, 0.29) is 12.6 Å². The Morgan fingerprint density at radius 3 is 2.48 bits per heavy atom. The van der Waals surface area contributed by atoms with E-state index in [1.165, 1.54) is 0 Å². The largest absolute Gasteiger partial charge is 0.497 e. The molecule has 0 saturated carbocycles. The van der Waals surface area contributed by atoms with Crippen LogP contribution in [-0.2, 0) is 11.3 Å². The van der Waals surface area contributed by atoms with Crippen molar-refractivity contribution in [1.82, 2.24) is 0 Å². The lowest BCUT2D eigenvalue weighted by Gasteiger charge is -2.10. The second-order valence-corrected chi connectivity index (χ2v) is 4.41. The highest BCUT2D eigenvalue weighted by Crippen LogP contribution is 2.22. The maximum Gasteiger partial charge on any atom is 0.189 e. The topological polar surface area (TPSA) is 77.6 Å². The van der Waals surface area contributed by atoms with Crippen LogP contribution in [-0.4, -0.2) is 19.7 Å². The molecular weight excluding hydrogens is 268 g/mol. The Morgan fingerprint density at radius 2 is 1.81 bits per heavy atom. The molecule has 5 nitrogen and oxygen atoms in total. The molecule has 2 aromatic rings. The van der Waals surface area contributed by atoms with Gasteiger partial charge in [-0.15, -0.1) is 0 Å². The predicted octanol–water partition coefficient (Wildman–Crippen LogP) is 2.53. The third-order valence-corrected chi connectivity index (χ3v) is 2.85. The molecule has 0 saturated heterocycles. The first kappa shape index (κ1) is 14.9. The van der Waals surface area contributed by atoms with E-state index >= 15 is 0 Å². The molecule has 0 aromatic heterocycles. The number of nitrogens with one attached hydrogen (secondary N) is 1. The zero-order valence-corrected chi connectivity index (χ0v) is 11.8. The van der Waals surface area contributed by atoms with Crippen LogP contribution in [0.3, 0.4) is 0 Å². The van der Waals surface area contributed by atoms with Crippen LogP contribution in [0.25, 0.3) is 0 Å². The highest BCUT2D eigenvalue weighted by molar-refractivity contribution is 5.95. The van der Waals surface area contributed by atoms with Crippen LogP contribution in [0.5, 0.6) is 11.5 Å². The second-order valence-electron chi connectivity index (χ2n) is 4.41. The van der Waals surface area contributed by atoms with Gasteiger partial charge >= 0.3 is 0 Å². The van der Waals surface area contributed by atoms with E-state index in [9.17, 15) is 0 Å². The van der Waals surface area contributed by atoms with E-state index in [4.69, 9.17) is 25.4 Å². The molecule has 0 atom stereocenters. The molecule has 5 heteroatoms. The molecule has 0 spiro atoms. The molecule has 0 aliphatic carbocycles. The maximum atomic E-state index is 7.46. The van der Waals surface area contributed by atoms with Crippen molar-refractivity contribution in [3.63, 3.8) is 0 Å². The summed E-state index contributed by atoms with van der Waals surface area (Å²) in [6, 6.07) is 14.9. The lowest BCUT2D eigenvalue weighted by Crippen LogP contribution is -2.11. The van der Waals surface area contributed by atoms with Gasteiger partial charge in [0.15, 0.2) is 6.79 Å². The number of amidine groups is 1. The molecule has 0 amide bonds. The molecular formula is C16H18N2O3. The SMILES string of the molecule is COc1cc(OCOCc2ccccc2)cc(C(=N)N)c1. The smallest absolute Gasteiger partial charge is 0.189 e. The molecule has 0 bridgehead atoms. The van der Waals surface area contributed by atoms with Gasteiger partial charge in [0.1, 0.15) is 17.3 Å². The highest BCUT2D eigenvalue weighted by atomic mass is 16.7. The van der Waals surface area contributed by atoms with E-state index in [0.717, 1.165) is 5.56 Å². The number of methoxy groups -OCH3 is 1. The first-order chi connectivity index (χ1) is 10.2. The number of rotatable bonds is 7. The third kappa shape index (κ3) is 4.50. The van der Waals surface area contributed by atoms with E-state index in [1.54, 1.807) is 25.3 Å². The van der Waals surface area contributed by atoms with Crippen molar-refractivity contribution in [1.29, 1.82) is 5.41 Å². The van der Waals surface area contributed by atoms with Crippen LogP contribution in [0.2, 0.25) is 0 Å². The summed E-state index contributed by atoms with van der Waals surface area (Å²) in [4.78, 5) is 0. The molecule has 2 rings (SSSR count). The first-order valence-electron chi connectivity index (χ1n) is 6.47. The summed E-state index contributed by atoms with van der Waals surface area (Å²) in [6.45, 7) is 0.587. The van der Waals surface area contributed by atoms with Crippen molar-refractivity contribution in [2.75, 3.05) is 13.9 Å². The normalized spacial score (nSPS) is 10.1. The number of nitrogens with two attached hydrogens (primary N) is 1. The van der Waals surface area contributed by atoms with E-state index in [0.29, 0.717) is 23.7 Å². The summed E-state index contributed by atoms with van der Waals surface area (Å²) in [6.07, 6.45) is 0. The molecule has 0 unspecified atom stereocenters. The lowest BCUT2D eigenvalue weighted by molar-refractivity contribution is 0.00495. The van der Waals surface area contributed by atoms with Crippen LogP contribution in [0.1, 0.15) is 11.1 Å². The van der Waals surface area contributed by atoms with Crippen LogP contribution >= 0.6 is 0 Å². The number of ether oxygens (including phenoxy) is 3. The van der Waals surface area contributed by atoms with Crippen LogP contribution in [0.4, 0.5) is 0 Å². The Morgan fingerprint density at radius 1 is 1.10 bits per heavy atom. The zero-order valence-electron chi connectivity index (χ0n) is 11.8. The monoisotopic (exact) mass is 286 g/mol. The minimum absolute atomic E-state index is 0.0380. The highest BCUT2D eigenvalue weighted by Gasteiger charge is 2.05. The van der Waals surface area contributed by atoms with Gasteiger partial charge in [0.05, 0.1) is 13.7 Å². The Hall–Kier alpha value is -2.53. The van der Waals surface area contributed by atoms with Gasteiger partial charge in [-0.05, 0) is 17.7 Å². The number of hydrogen-bond acceptors (Lipinski definition) is 4. The molecule has 3 N–H and O–H groups in total. The van der Waals surface area contributed by atoms with E-state index < -0.39 is 0 Å². The molecule has 110 valence electrons. The van der Waals surface area contributed by atoms with E-state index in [2.05, 4.69) is 0 Å². The molecule has 0 radical (unpaired) electrons. The fraction of sp³-hybridized carbons (Fsp3) is 0.188. The van der Waals surface area contributed by atoms with Crippen LogP contribution in [0.15, 0.2) is 48.5 Å². The van der Waals surface area contributed by atoms with Crippen molar-refractivity contribution in [3.8, 4) is 11.5 Å². The Balaban J connectivity index is 1.90. The third-order valence-electron chi connectivity index (χ3n) is 2.85. The molecule has 2 aromatic carbocycles. The summed E-state index contributed by atoms with van der Waals surface area (Å²) in [5.74, 6) is 1.09. The predicted molar refractivity (Wildman–Crippen MR) is 80.7 cm³/mol. The molecule has 0 fully saturated rings. The molecule has 0 heterocycles. The fourth-order valence-electron chi connectivity index (χ4n) is 1.77. The quantitative estimate of drug-likeness (QED) is 0.355. The van der Waals surface area contributed by atoms with Gasteiger partial charge in [0.25, 0.3) is 0 Å². The zero-order chi connectivity index (χ0) is 15.1. The van der Waals surface area contributed by atoms with Crippen LogP contribution < -0.4 is 15.2 Å². The number of benzene rings is 2. The van der Waals surface area contributed by atoms with Crippen LogP contribution in [0, 0.1) is 5.41 Å². The van der Waals surface area contributed by atoms with Gasteiger partial charge < -0.3 is 19.9 Å². The summed E-state index contributed by atoms with van der Waals surface area (Å²) >= 11 is 0. The Bertz CT molecular complexity index is 600. The average Bonchev–Trinajstić information content (AvgIpc) is 2.52. The van der Waals surface area contributed by atoms with Crippen molar-refractivity contribution < 1.29 is 14.2 Å². The summed E-state index contributed by atoms with van der Waals surface area (Å²) in [5.41, 5.74) is 7.11. The maximum absolute atomic E-state index is 7.46. The number of hydrogen-bond donors (Lipinski definition) is 2. The van der Waals surface area contributed by atoms with Crippen molar-refractivity contribution >= 4 is 5.84 Å². The van der Waals surface area contributed by atoms with Gasteiger partial charge in [-0.25, -0.2) is 0 Å². The molecule has 0 aliphatic rings. The Kier molecular flexibility index (Phi) is 5.17. The molecule has 21 heavy (non-hydrogen) atoms. The van der Waals surface area contributed by atoms with Gasteiger partial charge in [-0.2, -0.15) is 0 Å².